The maximum atomic E-state index is 13.8. The lowest BCUT2D eigenvalue weighted by molar-refractivity contribution is -0.122. The Morgan fingerprint density at radius 1 is 0.951 bits per heavy atom. The quantitative estimate of drug-likeness (QED) is 0.161. The van der Waals surface area contributed by atoms with Gasteiger partial charge in [0.25, 0.3) is 0 Å². The summed E-state index contributed by atoms with van der Waals surface area (Å²) < 4.78 is 6.18. The fourth-order valence-electron chi connectivity index (χ4n) is 6.97. The second-order valence-corrected chi connectivity index (χ2v) is 11.2. The van der Waals surface area contributed by atoms with Crippen LogP contribution in [-0.2, 0) is 14.2 Å². The summed E-state index contributed by atoms with van der Waals surface area (Å²) in [6, 6.07) is 26.4. The number of phenolic OH excluding ortho intramolecular Hbond substituents is 1. The molecule has 7 heteroatoms. The van der Waals surface area contributed by atoms with Crippen molar-refractivity contribution in [2.24, 2.45) is 17.8 Å². The summed E-state index contributed by atoms with van der Waals surface area (Å²) in [5.41, 5.74) is 5.68. The van der Waals surface area contributed by atoms with Crippen LogP contribution in [0, 0.1) is 17.8 Å². The average molecular weight is 547 g/mol. The minimum Gasteiger partial charge on any atom is -0.507 e. The van der Waals surface area contributed by atoms with E-state index in [1.54, 1.807) is 24.3 Å². The van der Waals surface area contributed by atoms with Crippen LogP contribution in [0.15, 0.2) is 96.1 Å². The highest BCUT2D eigenvalue weighted by atomic mass is 16.5. The number of carbonyl (C=O) groups is 2. The number of hydrogen-bond donors (Lipinski definition) is 2. The molecule has 0 radical (unpaired) electrons. The molecule has 41 heavy (non-hydrogen) atoms. The number of aromatic hydroxyl groups is 1. The molecule has 208 valence electrons. The highest BCUT2D eigenvalue weighted by molar-refractivity contribution is 6.43. The van der Waals surface area contributed by atoms with E-state index in [4.69, 9.17) is 4.65 Å². The molecule has 0 spiro atoms. The van der Waals surface area contributed by atoms with E-state index < -0.39 is 19.0 Å². The summed E-state index contributed by atoms with van der Waals surface area (Å²) >= 11 is 0. The van der Waals surface area contributed by atoms with Crippen molar-refractivity contribution in [2.75, 3.05) is 4.90 Å². The summed E-state index contributed by atoms with van der Waals surface area (Å²) in [7, 11) is -1.01. The van der Waals surface area contributed by atoms with Crippen molar-refractivity contribution in [3.05, 3.63) is 107 Å². The van der Waals surface area contributed by atoms with Crippen LogP contribution in [0.4, 0.5) is 5.69 Å². The Morgan fingerprint density at radius 3 is 2.34 bits per heavy atom. The normalized spacial score (nSPS) is 24.5. The lowest BCUT2D eigenvalue weighted by atomic mass is 9.58. The number of para-hydroxylation sites is 2. The van der Waals surface area contributed by atoms with Crippen LogP contribution in [0.1, 0.15) is 43.7 Å². The number of allylic oxidation sites excluding steroid dienone is 2. The van der Waals surface area contributed by atoms with Crippen LogP contribution >= 0.6 is 0 Å². The number of carbonyl (C=O) groups excluding carboxylic acids is 2. The Labute approximate surface area is 241 Å². The first-order chi connectivity index (χ1) is 20.0. The molecule has 2 N–H and O–H groups in total. The first-order valence-electron chi connectivity index (χ1n) is 14.5. The minimum absolute atomic E-state index is 0.148. The molecule has 6 rings (SSSR count). The molecule has 0 unspecified atom stereocenters. The summed E-state index contributed by atoms with van der Waals surface area (Å²) in [4.78, 5) is 28.8. The van der Waals surface area contributed by atoms with Crippen LogP contribution in [0.25, 0.3) is 11.6 Å². The number of nitrogens with zero attached hydrogens (tertiary/aromatic N) is 1. The minimum atomic E-state index is -1.01. The number of imide groups is 1. The Bertz CT molecular complexity index is 1500. The summed E-state index contributed by atoms with van der Waals surface area (Å²) in [5, 5.41) is 21.3. The lowest BCUT2D eigenvalue weighted by Crippen LogP contribution is -2.46. The van der Waals surface area contributed by atoms with E-state index in [9.17, 15) is 19.7 Å². The van der Waals surface area contributed by atoms with Crippen LogP contribution in [0.3, 0.4) is 0 Å². The maximum absolute atomic E-state index is 13.8. The van der Waals surface area contributed by atoms with Gasteiger partial charge in [-0.05, 0) is 78.9 Å². The molecule has 2 amide bonds. The molecule has 3 aliphatic rings. The molecule has 2 aliphatic heterocycles. The van der Waals surface area contributed by atoms with Gasteiger partial charge in [0.2, 0.25) is 11.8 Å². The number of benzene rings is 3. The van der Waals surface area contributed by atoms with E-state index in [1.807, 2.05) is 66.7 Å². The van der Waals surface area contributed by atoms with Crippen molar-refractivity contribution in [3.8, 4) is 5.75 Å². The third-order valence-corrected chi connectivity index (χ3v) is 8.84. The van der Waals surface area contributed by atoms with E-state index in [0.29, 0.717) is 31.3 Å². The van der Waals surface area contributed by atoms with Gasteiger partial charge in [0.15, 0.2) is 0 Å². The molecule has 2 saturated heterocycles. The number of fused-ring (bicyclic) bond motifs is 3. The van der Waals surface area contributed by atoms with Gasteiger partial charge in [-0.15, -0.1) is 0 Å². The molecule has 0 aromatic heterocycles. The fraction of sp³-hybridized carbons (Fsp3) is 0.294. The van der Waals surface area contributed by atoms with Gasteiger partial charge in [0, 0.05) is 5.56 Å². The maximum Gasteiger partial charge on any atom is 0.455 e. The molecule has 3 aromatic carbocycles. The predicted molar refractivity (Wildman–Crippen MR) is 161 cm³/mol. The number of amides is 2. The van der Waals surface area contributed by atoms with Crippen molar-refractivity contribution >= 4 is 36.3 Å². The van der Waals surface area contributed by atoms with Gasteiger partial charge in [0.05, 0.1) is 23.6 Å². The Kier molecular flexibility index (Phi) is 7.65. The second-order valence-electron chi connectivity index (χ2n) is 11.2. The first-order valence-corrected chi connectivity index (χ1v) is 14.5. The van der Waals surface area contributed by atoms with Crippen molar-refractivity contribution in [1.29, 1.82) is 0 Å². The highest BCUT2D eigenvalue weighted by Gasteiger charge is 2.57. The van der Waals surface area contributed by atoms with Crippen LogP contribution in [-0.4, -0.2) is 35.2 Å². The van der Waals surface area contributed by atoms with E-state index in [2.05, 4.69) is 6.92 Å². The van der Waals surface area contributed by atoms with Gasteiger partial charge in [-0.25, -0.2) is 0 Å². The highest BCUT2D eigenvalue weighted by Crippen LogP contribution is 2.52. The summed E-state index contributed by atoms with van der Waals surface area (Å²) in [6.07, 6.45) is 4.47. The monoisotopic (exact) mass is 547 g/mol. The van der Waals surface area contributed by atoms with Gasteiger partial charge in [-0.3, -0.25) is 14.5 Å². The fourth-order valence-corrected chi connectivity index (χ4v) is 6.97. The van der Waals surface area contributed by atoms with Crippen molar-refractivity contribution in [2.45, 2.75) is 45.0 Å². The topological polar surface area (TPSA) is 87.1 Å². The Hall–Kier alpha value is -3.94. The molecule has 1 aliphatic carbocycles. The molecule has 0 bridgehead atoms. The molecule has 3 aromatic rings. The number of rotatable bonds is 7. The smallest absolute Gasteiger partial charge is 0.455 e. The predicted octanol–water partition coefficient (Wildman–Crippen LogP) is 6.12. The second kappa shape index (κ2) is 11.5. The van der Waals surface area contributed by atoms with Crippen LogP contribution < -0.4 is 4.90 Å². The zero-order valence-corrected chi connectivity index (χ0v) is 23.1. The molecular formula is C34H34BNO5. The van der Waals surface area contributed by atoms with E-state index >= 15 is 0 Å². The zero-order valence-electron chi connectivity index (χ0n) is 23.1. The molecule has 4 atom stereocenters. The molecular weight excluding hydrogens is 513 g/mol. The summed E-state index contributed by atoms with van der Waals surface area (Å²) in [6.45, 7) is 2.09. The SMILES string of the molecule is CCC1=C2[C@@H](CC/C(=C/c3ccccc3O)c3ccccc3)OB(O)C[C@@H]2[C@@H]2C(=O)N(c3ccccc3)C(=O)[C@@H]2C1. The van der Waals surface area contributed by atoms with E-state index in [0.717, 1.165) is 34.3 Å². The average Bonchev–Trinajstić information content (AvgIpc) is 3.25. The third kappa shape index (κ3) is 5.16. The van der Waals surface area contributed by atoms with Crippen LogP contribution in [0.2, 0.25) is 6.32 Å². The number of anilines is 1. The summed E-state index contributed by atoms with van der Waals surface area (Å²) in [5.74, 6) is -1.28. The van der Waals surface area contributed by atoms with Gasteiger partial charge in [-0.1, -0.05) is 79.2 Å². The van der Waals surface area contributed by atoms with Gasteiger partial charge >= 0.3 is 7.12 Å². The van der Waals surface area contributed by atoms with E-state index in [1.165, 1.54) is 4.90 Å². The number of phenols is 1. The lowest BCUT2D eigenvalue weighted by Gasteiger charge is -2.43. The standard InChI is InChI=1S/C34H34BNO5/c1-2-22-20-27-32(34(39)36(33(27)38)26-14-7-4-8-15-26)28-21-35(40)41-30(31(22)28)18-17-24(23-11-5-3-6-12-23)19-25-13-9-10-16-29(25)37/h3-16,19,27-28,30,32,37,40H,2,17-18,20-21H2,1H3/b24-19-/t27-,28+,30-,32-/m1/s1. The Balaban J connectivity index is 1.32. The van der Waals surface area contributed by atoms with E-state index in [-0.39, 0.29) is 29.6 Å². The van der Waals surface area contributed by atoms with Crippen molar-refractivity contribution < 1.29 is 24.4 Å². The van der Waals surface area contributed by atoms with Gasteiger partial charge in [-0.2, -0.15) is 0 Å². The zero-order chi connectivity index (χ0) is 28.5. The molecule has 2 fully saturated rings. The van der Waals surface area contributed by atoms with Crippen LogP contribution in [0.5, 0.6) is 5.75 Å². The number of hydrogen-bond acceptors (Lipinski definition) is 5. The molecule has 2 heterocycles. The first kappa shape index (κ1) is 27.2. The largest absolute Gasteiger partial charge is 0.507 e. The third-order valence-electron chi connectivity index (χ3n) is 8.84. The van der Waals surface area contributed by atoms with Crippen molar-refractivity contribution in [1.82, 2.24) is 0 Å². The Morgan fingerprint density at radius 2 is 1.63 bits per heavy atom. The van der Waals surface area contributed by atoms with Crippen molar-refractivity contribution in [3.63, 3.8) is 0 Å². The van der Waals surface area contributed by atoms with Gasteiger partial charge < -0.3 is 14.8 Å². The molecule has 0 saturated carbocycles. The molecule has 6 nitrogen and oxygen atoms in total. The van der Waals surface area contributed by atoms with Gasteiger partial charge in [0.1, 0.15) is 5.75 Å².